The van der Waals surface area contributed by atoms with E-state index >= 15 is 0 Å². The molecule has 2 aliphatic heterocycles. The van der Waals surface area contributed by atoms with Crippen molar-refractivity contribution in [2.75, 3.05) is 20.7 Å². The smallest absolute Gasteiger partial charge is 0.224 e. The van der Waals surface area contributed by atoms with E-state index in [4.69, 9.17) is 15.1 Å². The topological polar surface area (TPSA) is 94.9 Å². The third-order valence-corrected chi connectivity index (χ3v) is 6.35. The fourth-order valence-corrected chi connectivity index (χ4v) is 4.62. The summed E-state index contributed by atoms with van der Waals surface area (Å²) in [5.41, 5.74) is 4.12. The molecule has 1 aromatic heterocycles. The number of nitrogens with one attached hydrogen (secondary N) is 2. The highest BCUT2D eigenvalue weighted by Gasteiger charge is 2.39. The van der Waals surface area contributed by atoms with E-state index in [1.54, 1.807) is 4.90 Å². The van der Waals surface area contributed by atoms with Crippen LogP contribution in [0, 0.1) is 5.41 Å². The van der Waals surface area contributed by atoms with Crippen molar-refractivity contribution >= 4 is 17.3 Å². The summed E-state index contributed by atoms with van der Waals surface area (Å²) >= 11 is 0. The summed E-state index contributed by atoms with van der Waals surface area (Å²) in [4.78, 5) is 18.8. The van der Waals surface area contributed by atoms with Crippen LogP contribution in [-0.4, -0.2) is 54.6 Å². The van der Waals surface area contributed by atoms with Crippen LogP contribution < -0.4 is 10.6 Å². The quantitative estimate of drug-likeness (QED) is 0.625. The number of likely N-dealkylation sites (N-methyl/N-ethyl adjacent to an activating group) is 2. The summed E-state index contributed by atoms with van der Waals surface area (Å²) < 4.78 is 5.91. The van der Waals surface area contributed by atoms with Gasteiger partial charge in [-0.2, -0.15) is 0 Å². The summed E-state index contributed by atoms with van der Waals surface area (Å²) in [6.45, 7) is 0.785. The average Bonchev–Trinajstić information content (AvgIpc) is 3.08. The van der Waals surface area contributed by atoms with E-state index in [9.17, 15) is 4.79 Å². The molecule has 2 saturated heterocycles. The Morgan fingerprint density at radius 3 is 2.93 bits per heavy atom. The molecule has 1 aromatic rings. The Morgan fingerprint density at radius 2 is 2.23 bits per heavy atom. The molecule has 30 heavy (non-hydrogen) atoms. The average molecular weight is 411 g/mol. The number of carbonyl (C=O) groups excluding carboxylic acids is 1. The second-order valence-electron chi connectivity index (χ2n) is 8.33. The molecule has 0 bridgehead atoms. The molecular weight excluding hydrogens is 378 g/mol. The van der Waals surface area contributed by atoms with Crippen LogP contribution in [0.25, 0.3) is 0 Å². The van der Waals surface area contributed by atoms with Gasteiger partial charge in [-0.05, 0) is 44.4 Å². The lowest BCUT2D eigenvalue weighted by molar-refractivity contribution is -0.660. The van der Waals surface area contributed by atoms with Crippen LogP contribution in [-0.2, 0) is 9.53 Å². The lowest BCUT2D eigenvalue weighted by atomic mass is 9.93. The van der Waals surface area contributed by atoms with Gasteiger partial charge in [-0.1, -0.05) is 18.2 Å². The molecule has 4 rings (SSSR count). The number of pyridine rings is 1. The van der Waals surface area contributed by atoms with E-state index in [1.165, 1.54) is 0 Å². The first kappa shape index (κ1) is 20.9. The van der Waals surface area contributed by atoms with Crippen molar-refractivity contribution in [3.05, 3.63) is 47.3 Å². The number of nitrogens with zero attached hydrogens (tertiary/aromatic N) is 2. The summed E-state index contributed by atoms with van der Waals surface area (Å²) in [6, 6.07) is 2.02. The van der Waals surface area contributed by atoms with Crippen LogP contribution in [0.15, 0.2) is 36.1 Å². The highest BCUT2D eigenvalue weighted by atomic mass is 16.5. The molecular formula is C23H32N5O2+. The van der Waals surface area contributed by atoms with Crippen LogP contribution in [0.3, 0.4) is 0 Å². The maximum atomic E-state index is 12.3. The number of quaternary nitrogens is 1. The zero-order valence-electron chi connectivity index (χ0n) is 17.9. The van der Waals surface area contributed by atoms with E-state index in [2.05, 4.69) is 22.8 Å². The summed E-state index contributed by atoms with van der Waals surface area (Å²) in [7, 11) is 3.70. The normalized spacial score (nSPS) is 26.7. The predicted molar refractivity (Wildman–Crippen MR) is 116 cm³/mol. The standard InChI is InChI=1S/C23H31N5O2/c1-25-23-17(13-21(29)28(23)2)18-12-16(22(24)15-8-4-3-5-9-15)19(14-26-18)27-20-10-6-7-11-30-20/h4,8-9,12,14,17,20,23-25,27H,3,5-7,10-11,13H2,1-2H3/p+1. The van der Waals surface area contributed by atoms with Gasteiger partial charge < -0.3 is 9.64 Å². The fourth-order valence-electron chi connectivity index (χ4n) is 4.62. The number of rotatable bonds is 6. The maximum absolute atomic E-state index is 12.3. The van der Waals surface area contributed by atoms with Gasteiger partial charge in [0.1, 0.15) is 0 Å². The number of nitrogens with two attached hydrogens (primary N) is 1. The van der Waals surface area contributed by atoms with E-state index in [1.807, 2.05) is 32.4 Å². The monoisotopic (exact) mass is 410 g/mol. The molecule has 3 heterocycles. The molecule has 0 saturated carbocycles. The van der Waals surface area contributed by atoms with Gasteiger partial charge in [0.25, 0.3) is 0 Å². The fraction of sp³-hybridized carbons (Fsp3) is 0.522. The second kappa shape index (κ2) is 9.20. The van der Waals surface area contributed by atoms with E-state index in [-0.39, 0.29) is 24.2 Å². The van der Waals surface area contributed by atoms with E-state index < -0.39 is 0 Å². The molecule has 0 radical (unpaired) electrons. The number of aromatic nitrogens is 1. The highest BCUT2D eigenvalue weighted by Crippen LogP contribution is 2.32. The van der Waals surface area contributed by atoms with E-state index in [0.717, 1.165) is 61.2 Å². The molecule has 1 amide bonds. The predicted octanol–water partition coefficient (Wildman–Crippen LogP) is 1.94. The van der Waals surface area contributed by atoms with Crippen LogP contribution in [0.2, 0.25) is 0 Å². The minimum absolute atomic E-state index is 0.0325. The second-order valence-corrected chi connectivity index (χ2v) is 8.33. The molecule has 1 aliphatic carbocycles. The van der Waals surface area contributed by atoms with Gasteiger partial charge >= 0.3 is 0 Å². The van der Waals surface area contributed by atoms with Crippen molar-refractivity contribution in [3.63, 3.8) is 0 Å². The molecule has 0 spiro atoms. The lowest BCUT2D eigenvalue weighted by Crippen LogP contribution is -2.86. The molecule has 0 aromatic carbocycles. The zero-order chi connectivity index (χ0) is 21.1. The summed E-state index contributed by atoms with van der Waals surface area (Å²) in [5, 5.41) is 14.3. The highest BCUT2D eigenvalue weighted by molar-refractivity contribution is 6.14. The van der Waals surface area contributed by atoms with Gasteiger partial charge in [0.15, 0.2) is 11.9 Å². The largest absolute Gasteiger partial charge is 0.330 e. The van der Waals surface area contributed by atoms with Crippen molar-refractivity contribution < 1.29 is 14.8 Å². The Balaban J connectivity index is 1.68. The summed E-state index contributed by atoms with van der Waals surface area (Å²) in [5.74, 6) is 0.0804. The Kier molecular flexibility index (Phi) is 6.41. The number of allylic oxidation sites excluding steroid dienone is 4. The van der Waals surface area contributed by atoms with Gasteiger partial charge in [0.05, 0.1) is 30.2 Å². The van der Waals surface area contributed by atoms with Crippen LogP contribution in [0.5, 0.6) is 0 Å². The molecule has 3 unspecified atom stereocenters. The third kappa shape index (κ3) is 4.24. The summed E-state index contributed by atoms with van der Waals surface area (Å²) in [6.07, 6.45) is 13.8. The van der Waals surface area contributed by atoms with Gasteiger partial charge in [-0.3, -0.25) is 25.8 Å². The number of hydrogen-bond donors (Lipinski definition) is 3. The first-order valence-corrected chi connectivity index (χ1v) is 10.9. The Morgan fingerprint density at radius 1 is 1.37 bits per heavy atom. The molecule has 160 valence electrons. The van der Waals surface area contributed by atoms with Crippen LogP contribution in [0.4, 0.5) is 5.69 Å². The van der Waals surface area contributed by atoms with Gasteiger partial charge in [0.2, 0.25) is 5.91 Å². The van der Waals surface area contributed by atoms with Crippen LogP contribution >= 0.6 is 0 Å². The number of hydrogen-bond acceptors (Lipinski definition) is 5. The molecule has 7 heteroatoms. The number of likely N-dealkylation sites (tertiary alicyclic amines) is 1. The van der Waals surface area contributed by atoms with Gasteiger partial charge in [-0.25, -0.2) is 0 Å². The molecule has 7 nitrogen and oxygen atoms in total. The van der Waals surface area contributed by atoms with Crippen molar-refractivity contribution in [3.8, 4) is 0 Å². The maximum Gasteiger partial charge on any atom is 0.224 e. The van der Waals surface area contributed by atoms with Crippen molar-refractivity contribution in [1.29, 1.82) is 5.41 Å². The Hall–Kier alpha value is -2.35. The van der Waals surface area contributed by atoms with Crippen molar-refractivity contribution in [1.82, 2.24) is 15.2 Å². The molecule has 3 aliphatic rings. The number of ether oxygens (including phenoxy) is 1. The molecule has 2 fully saturated rings. The first-order chi connectivity index (χ1) is 14.6. The zero-order valence-corrected chi connectivity index (χ0v) is 17.9. The lowest BCUT2D eigenvalue weighted by Gasteiger charge is -2.25. The Labute approximate surface area is 178 Å². The van der Waals surface area contributed by atoms with Gasteiger partial charge in [-0.15, -0.1) is 0 Å². The SMILES string of the molecule is CNC1C(c2cc(C(=N)C3=CCCC=C3)c([NH2+]C3CCCCO3)cn2)CC(=O)N1C. The van der Waals surface area contributed by atoms with Crippen molar-refractivity contribution in [2.24, 2.45) is 0 Å². The third-order valence-electron chi connectivity index (χ3n) is 6.35. The molecule has 3 atom stereocenters. The van der Waals surface area contributed by atoms with Crippen LogP contribution in [0.1, 0.15) is 55.7 Å². The molecule has 4 N–H and O–H groups in total. The minimum Gasteiger partial charge on any atom is -0.330 e. The number of amides is 1. The minimum atomic E-state index is -0.0858. The van der Waals surface area contributed by atoms with Crippen molar-refractivity contribution in [2.45, 2.75) is 56.8 Å². The van der Waals surface area contributed by atoms with Gasteiger partial charge in [0, 0.05) is 31.5 Å². The Bertz CT molecular complexity index is 872. The first-order valence-electron chi connectivity index (χ1n) is 10.9. The number of carbonyl (C=O) groups is 1. The van der Waals surface area contributed by atoms with E-state index in [0.29, 0.717) is 12.1 Å².